The SMILES string of the molecule is CC1=C(C2=C(C)C=CCC2)C=CCC=C1. The molecule has 0 saturated carbocycles. The monoisotopic (exact) mass is 198 g/mol. The first kappa shape index (κ1) is 10.2. The van der Waals surface area contributed by atoms with Crippen LogP contribution in [0.1, 0.15) is 33.1 Å². The van der Waals surface area contributed by atoms with Gasteiger partial charge in [-0.05, 0) is 55.4 Å². The molecule has 0 heteroatoms. The summed E-state index contributed by atoms with van der Waals surface area (Å²) in [6.07, 6.45) is 17.0. The summed E-state index contributed by atoms with van der Waals surface area (Å²) in [5.41, 5.74) is 5.78. The molecule has 0 heterocycles. The Morgan fingerprint density at radius 3 is 2.40 bits per heavy atom. The molecule has 2 rings (SSSR count). The molecule has 0 aliphatic heterocycles. The fourth-order valence-corrected chi connectivity index (χ4v) is 2.20. The molecule has 0 amide bonds. The maximum Gasteiger partial charge on any atom is -0.0163 e. The Morgan fingerprint density at radius 1 is 0.867 bits per heavy atom. The summed E-state index contributed by atoms with van der Waals surface area (Å²) in [5.74, 6) is 0. The van der Waals surface area contributed by atoms with Gasteiger partial charge in [-0.25, -0.2) is 0 Å². The van der Waals surface area contributed by atoms with Crippen LogP contribution >= 0.6 is 0 Å². The highest BCUT2D eigenvalue weighted by molar-refractivity contribution is 5.52. The zero-order chi connectivity index (χ0) is 10.7. The van der Waals surface area contributed by atoms with Crippen molar-refractivity contribution in [1.82, 2.24) is 0 Å². The topological polar surface area (TPSA) is 0 Å². The van der Waals surface area contributed by atoms with Crippen molar-refractivity contribution in [2.24, 2.45) is 0 Å². The fraction of sp³-hybridized carbons (Fsp3) is 0.333. The van der Waals surface area contributed by atoms with E-state index in [9.17, 15) is 0 Å². The lowest BCUT2D eigenvalue weighted by molar-refractivity contribution is 0.952. The summed E-state index contributed by atoms with van der Waals surface area (Å²) in [6.45, 7) is 4.42. The Bertz CT molecular complexity index is 398. The third-order valence-corrected chi connectivity index (χ3v) is 3.08. The van der Waals surface area contributed by atoms with Gasteiger partial charge >= 0.3 is 0 Å². The second-order valence-electron chi connectivity index (χ2n) is 4.24. The standard InChI is InChI=1S/C15H18/c1-12-8-4-3-5-10-14(12)15-11-7-6-9-13(15)2/h4-6,8-10H,3,7,11H2,1-2H3. The molecule has 0 fully saturated rings. The molecule has 2 aliphatic carbocycles. The van der Waals surface area contributed by atoms with Crippen LogP contribution in [0.5, 0.6) is 0 Å². The van der Waals surface area contributed by atoms with Crippen LogP contribution in [0.4, 0.5) is 0 Å². The molecule has 0 unspecified atom stereocenters. The van der Waals surface area contributed by atoms with Crippen LogP contribution in [0.25, 0.3) is 0 Å². The van der Waals surface area contributed by atoms with Gasteiger partial charge in [0.15, 0.2) is 0 Å². The first-order chi connectivity index (χ1) is 7.29. The largest absolute Gasteiger partial charge is 0.0839 e. The highest BCUT2D eigenvalue weighted by Crippen LogP contribution is 2.29. The zero-order valence-corrected chi connectivity index (χ0v) is 9.59. The molecule has 0 radical (unpaired) electrons. The lowest BCUT2D eigenvalue weighted by Gasteiger charge is -2.16. The molecule has 0 aromatic carbocycles. The van der Waals surface area contributed by atoms with E-state index in [1.54, 1.807) is 0 Å². The van der Waals surface area contributed by atoms with Gasteiger partial charge < -0.3 is 0 Å². The normalized spacial score (nSPS) is 21.2. The van der Waals surface area contributed by atoms with E-state index in [0.717, 1.165) is 6.42 Å². The van der Waals surface area contributed by atoms with Gasteiger partial charge in [0.1, 0.15) is 0 Å². The first-order valence-corrected chi connectivity index (χ1v) is 5.69. The molecular formula is C15H18. The molecule has 0 N–H and O–H groups in total. The lowest BCUT2D eigenvalue weighted by atomic mass is 9.89. The van der Waals surface area contributed by atoms with Gasteiger partial charge in [0.2, 0.25) is 0 Å². The van der Waals surface area contributed by atoms with Crippen LogP contribution in [0, 0.1) is 0 Å². The van der Waals surface area contributed by atoms with Crippen LogP contribution in [-0.2, 0) is 0 Å². The van der Waals surface area contributed by atoms with E-state index in [-0.39, 0.29) is 0 Å². The van der Waals surface area contributed by atoms with Crippen LogP contribution < -0.4 is 0 Å². The van der Waals surface area contributed by atoms with Crippen molar-refractivity contribution in [2.45, 2.75) is 33.1 Å². The van der Waals surface area contributed by atoms with Crippen molar-refractivity contribution in [2.75, 3.05) is 0 Å². The van der Waals surface area contributed by atoms with Crippen molar-refractivity contribution in [1.29, 1.82) is 0 Å². The van der Waals surface area contributed by atoms with E-state index in [1.165, 1.54) is 35.1 Å². The maximum absolute atomic E-state index is 2.29. The molecule has 0 aromatic heterocycles. The predicted molar refractivity (Wildman–Crippen MR) is 66.7 cm³/mol. The molecule has 0 spiro atoms. The van der Waals surface area contributed by atoms with Gasteiger partial charge in [-0.3, -0.25) is 0 Å². The summed E-state index contributed by atoms with van der Waals surface area (Å²) in [4.78, 5) is 0. The van der Waals surface area contributed by atoms with Gasteiger partial charge in [0, 0.05) is 0 Å². The molecule has 0 nitrogen and oxygen atoms in total. The first-order valence-electron chi connectivity index (χ1n) is 5.69. The second kappa shape index (κ2) is 4.48. The van der Waals surface area contributed by atoms with E-state index >= 15 is 0 Å². The van der Waals surface area contributed by atoms with Crippen molar-refractivity contribution < 1.29 is 0 Å². The van der Waals surface area contributed by atoms with Crippen molar-refractivity contribution in [3.8, 4) is 0 Å². The Balaban J connectivity index is 2.45. The van der Waals surface area contributed by atoms with Crippen LogP contribution in [0.2, 0.25) is 0 Å². The summed E-state index contributed by atoms with van der Waals surface area (Å²) >= 11 is 0. The maximum atomic E-state index is 2.29. The average Bonchev–Trinajstić information content (AvgIpc) is 2.44. The molecule has 0 saturated heterocycles. The van der Waals surface area contributed by atoms with E-state index in [1.807, 2.05) is 0 Å². The molecule has 2 aliphatic rings. The summed E-state index contributed by atoms with van der Waals surface area (Å²) in [5, 5.41) is 0. The van der Waals surface area contributed by atoms with Crippen LogP contribution in [0.3, 0.4) is 0 Å². The molecule has 0 aromatic rings. The highest BCUT2D eigenvalue weighted by atomic mass is 14.2. The molecule has 0 atom stereocenters. The minimum atomic E-state index is 1.06. The van der Waals surface area contributed by atoms with Gasteiger partial charge in [0.05, 0.1) is 0 Å². The second-order valence-corrected chi connectivity index (χ2v) is 4.24. The van der Waals surface area contributed by atoms with Crippen molar-refractivity contribution >= 4 is 0 Å². The summed E-state index contributed by atoms with van der Waals surface area (Å²) in [6, 6.07) is 0. The number of allylic oxidation sites excluding steroid dienone is 10. The fourth-order valence-electron chi connectivity index (χ4n) is 2.20. The Labute approximate surface area is 92.4 Å². The Hall–Kier alpha value is -1.30. The number of hydrogen-bond donors (Lipinski definition) is 0. The third kappa shape index (κ3) is 2.20. The van der Waals surface area contributed by atoms with E-state index < -0.39 is 0 Å². The Morgan fingerprint density at radius 2 is 1.60 bits per heavy atom. The van der Waals surface area contributed by atoms with Gasteiger partial charge in [-0.2, -0.15) is 0 Å². The minimum Gasteiger partial charge on any atom is -0.0839 e. The smallest absolute Gasteiger partial charge is 0.0163 e. The molecule has 78 valence electrons. The van der Waals surface area contributed by atoms with Crippen molar-refractivity contribution in [3.63, 3.8) is 0 Å². The zero-order valence-electron chi connectivity index (χ0n) is 9.59. The molecule has 15 heavy (non-hydrogen) atoms. The van der Waals surface area contributed by atoms with Gasteiger partial charge in [-0.1, -0.05) is 36.5 Å². The lowest BCUT2D eigenvalue weighted by Crippen LogP contribution is -1.96. The van der Waals surface area contributed by atoms with Gasteiger partial charge in [0.25, 0.3) is 0 Å². The highest BCUT2D eigenvalue weighted by Gasteiger charge is 2.10. The predicted octanol–water partition coefficient (Wildman–Crippen LogP) is 4.49. The number of hydrogen-bond acceptors (Lipinski definition) is 0. The van der Waals surface area contributed by atoms with Crippen LogP contribution in [-0.4, -0.2) is 0 Å². The minimum absolute atomic E-state index is 1.06. The summed E-state index contributed by atoms with van der Waals surface area (Å²) < 4.78 is 0. The Kier molecular flexibility index (Phi) is 3.05. The third-order valence-electron chi connectivity index (χ3n) is 3.08. The van der Waals surface area contributed by atoms with Gasteiger partial charge in [-0.15, -0.1) is 0 Å². The van der Waals surface area contributed by atoms with Crippen LogP contribution in [0.15, 0.2) is 58.7 Å². The van der Waals surface area contributed by atoms with Crippen molar-refractivity contribution in [3.05, 3.63) is 58.7 Å². The average molecular weight is 198 g/mol. The van der Waals surface area contributed by atoms with E-state index in [4.69, 9.17) is 0 Å². The van der Waals surface area contributed by atoms with E-state index in [0.29, 0.717) is 0 Å². The number of rotatable bonds is 1. The summed E-state index contributed by atoms with van der Waals surface area (Å²) in [7, 11) is 0. The quantitative estimate of drug-likeness (QED) is 0.582. The molecular weight excluding hydrogens is 180 g/mol. The van der Waals surface area contributed by atoms with E-state index in [2.05, 4.69) is 50.3 Å². The molecule has 0 bridgehead atoms.